The lowest BCUT2D eigenvalue weighted by molar-refractivity contribution is -0.134. The van der Waals surface area contributed by atoms with Gasteiger partial charge in [0.2, 0.25) is 17.8 Å². The van der Waals surface area contributed by atoms with E-state index in [0.717, 1.165) is 81.4 Å². The number of aryl methyl sites for hydroxylation is 1. The molecule has 5 heterocycles. The largest absolute Gasteiger partial charge is 0.494 e. The number of imide groups is 1. The van der Waals surface area contributed by atoms with Gasteiger partial charge in [-0.1, -0.05) is 31.2 Å². The van der Waals surface area contributed by atoms with E-state index in [1.165, 1.54) is 36.2 Å². The highest BCUT2D eigenvalue weighted by atomic mass is 79.9. The molecule has 4 aliphatic rings. The van der Waals surface area contributed by atoms with Gasteiger partial charge in [0.15, 0.2) is 0 Å². The van der Waals surface area contributed by atoms with Crippen LogP contribution in [-0.4, -0.2) is 114 Å². The smallest absolute Gasteiger partial charge is 0.234 e. The fraction of sp³-hybridized carbons (Fsp3) is 0.458. The SMILES string of the molecule is CCc1cc(Nc2ncc(Br)c(Nc3ccc4nccnc4c3P(C)(C)=O)n2)c(OC)cc1N1CCC(N2CCN(CC3CC(c4ccc(C5CCC(=O)NC5=O)cc4)C3)CC2)CC1. The Morgan fingerprint density at radius 2 is 1.61 bits per heavy atom. The van der Waals surface area contributed by atoms with Crippen molar-refractivity contribution in [3.8, 4) is 5.75 Å². The van der Waals surface area contributed by atoms with Gasteiger partial charge in [-0.3, -0.25) is 29.8 Å². The number of anilines is 5. The number of ether oxygens (including phenoxy) is 1. The van der Waals surface area contributed by atoms with E-state index in [0.29, 0.717) is 63.1 Å². The lowest BCUT2D eigenvalue weighted by Crippen LogP contribution is -2.54. The van der Waals surface area contributed by atoms with Gasteiger partial charge in [0.05, 0.1) is 39.7 Å². The van der Waals surface area contributed by atoms with Crippen LogP contribution in [0.15, 0.2) is 71.6 Å². The number of rotatable bonds is 13. The Morgan fingerprint density at radius 1 is 0.875 bits per heavy atom. The van der Waals surface area contributed by atoms with E-state index in [1.54, 1.807) is 39.0 Å². The minimum Gasteiger partial charge on any atom is -0.494 e. The maximum atomic E-state index is 13.5. The molecular weight excluding hydrogens is 891 g/mol. The predicted molar refractivity (Wildman–Crippen MR) is 258 cm³/mol. The normalized spacial score (nSPS) is 21.4. The van der Waals surface area contributed by atoms with E-state index >= 15 is 0 Å². The second-order valence-electron chi connectivity index (χ2n) is 18.2. The number of hydrogen-bond acceptors (Lipinski definition) is 13. The second kappa shape index (κ2) is 18.9. The number of fused-ring (bicyclic) bond motifs is 1. The molecule has 9 rings (SSSR count). The maximum Gasteiger partial charge on any atom is 0.234 e. The number of benzene rings is 3. The van der Waals surface area contributed by atoms with Gasteiger partial charge >= 0.3 is 0 Å². The van der Waals surface area contributed by atoms with Crippen molar-refractivity contribution < 1.29 is 18.9 Å². The van der Waals surface area contributed by atoms with Crippen molar-refractivity contribution >= 4 is 80.1 Å². The van der Waals surface area contributed by atoms with E-state index in [1.807, 2.05) is 12.1 Å². The van der Waals surface area contributed by atoms with Gasteiger partial charge in [0, 0.05) is 88.6 Å². The Labute approximate surface area is 383 Å². The number of carbonyl (C=O) groups is 2. The van der Waals surface area contributed by atoms with Crippen LogP contribution in [0.2, 0.25) is 0 Å². The molecule has 3 aromatic carbocycles. The van der Waals surface area contributed by atoms with E-state index in [9.17, 15) is 14.2 Å². The average Bonchev–Trinajstić information content (AvgIpc) is 3.28. The highest BCUT2D eigenvalue weighted by molar-refractivity contribution is 9.10. The van der Waals surface area contributed by atoms with E-state index in [2.05, 4.69) is 105 Å². The number of nitrogens with zero attached hydrogens (tertiary/aromatic N) is 7. The van der Waals surface area contributed by atoms with Crippen LogP contribution in [0.4, 0.5) is 28.8 Å². The van der Waals surface area contributed by atoms with Crippen molar-refractivity contribution in [1.29, 1.82) is 0 Å². The van der Waals surface area contributed by atoms with Gasteiger partial charge in [-0.05, 0) is 115 Å². The van der Waals surface area contributed by atoms with E-state index in [4.69, 9.17) is 9.72 Å². The summed E-state index contributed by atoms with van der Waals surface area (Å²) in [6, 6.07) is 17.2. The van der Waals surface area contributed by atoms with Crippen molar-refractivity contribution in [1.82, 2.24) is 35.1 Å². The molecule has 3 N–H and O–H groups in total. The van der Waals surface area contributed by atoms with Crippen LogP contribution >= 0.6 is 23.1 Å². The van der Waals surface area contributed by atoms with E-state index in [-0.39, 0.29) is 17.7 Å². The van der Waals surface area contributed by atoms with Crippen LogP contribution < -0.4 is 30.9 Å². The van der Waals surface area contributed by atoms with Crippen LogP contribution in [0.1, 0.15) is 74.0 Å². The zero-order valence-corrected chi connectivity index (χ0v) is 39.6. The number of piperazine rings is 1. The Hall–Kier alpha value is -4.95. The lowest BCUT2D eigenvalue weighted by atomic mass is 9.71. The Bertz CT molecular complexity index is 2570. The van der Waals surface area contributed by atoms with Gasteiger partial charge in [-0.25, -0.2) is 4.98 Å². The van der Waals surface area contributed by atoms with Crippen LogP contribution in [0.5, 0.6) is 5.75 Å². The molecule has 0 radical (unpaired) electrons. The molecule has 16 heteroatoms. The number of halogens is 1. The van der Waals surface area contributed by atoms with Crippen LogP contribution in [0.25, 0.3) is 11.0 Å². The van der Waals surface area contributed by atoms with Crippen molar-refractivity contribution in [3.05, 3.63) is 88.3 Å². The Balaban J connectivity index is 0.770. The fourth-order valence-corrected chi connectivity index (χ4v) is 11.9. The molecule has 1 unspecified atom stereocenters. The summed E-state index contributed by atoms with van der Waals surface area (Å²) in [6.07, 6.45) is 11.5. The molecule has 14 nitrogen and oxygen atoms in total. The second-order valence-corrected chi connectivity index (χ2v) is 22.2. The average molecular weight is 950 g/mol. The minimum atomic E-state index is -2.76. The third-order valence-corrected chi connectivity index (χ3v) is 15.8. The molecule has 0 bridgehead atoms. The highest BCUT2D eigenvalue weighted by Gasteiger charge is 2.35. The first-order chi connectivity index (χ1) is 30.9. The molecule has 1 atom stereocenters. The zero-order valence-electron chi connectivity index (χ0n) is 37.1. The Morgan fingerprint density at radius 3 is 2.31 bits per heavy atom. The maximum absolute atomic E-state index is 13.5. The monoisotopic (exact) mass is 948 g/mol. The fourth-order valence-electron chi connectivity index (χ4n) is 10.2. The van der Waals surface area contributed by atoms with Crippen molar-refractivity contribution in [2.75, 3.05) is 81.8 Å². The zero-order chi connectivity index (χ0) is 44.5. The number of piperidine rings is 2. The van der Waals surface area contributed by atoms with Gasteiger partial charge in [0.1, 0.15) is 24.2 Å². The summed E-state index contributed by atoms with van der Waals surface area (Å²) >= 11 is 3.61. The first-order valence-corrected chi connectivity index (χ1v) is 26.0. The first-order valence-electron chi connectivity index (χ1n) is 22.7. The number of amides is 2. The molecule has 2 aromatic heterocycles. The van der Waals surface area contributed by atoms with Gasteiger partial charge in [-0.2, -0.15) is 4.98 Å². The molecule has 1 saturated carbocycles. The molecule has 1 aliphatic carbocycles. The van der Waals surface area contributed by atoms with Crippen LogP contribution in [0.3, 0.4) is 0 Å². The van der Waals surface area contributed by atoms with Crippen molar-refractivity contribution in [2.45, 2.75) is 69.7 Å². The summed E-state index contributed by atoms with van der Waals surface area (Å²) in [5.41, 5.74) is 7.56. The van der Waals surface area contributed by atoms with Gasteiger partial charge < -0.3 is 29.7 Å². The number of carbonyl (C=O) groups excluding carboxylic acids is 2. The summed E-state index contributed by atoms with van der Waals surface area (Å²) in [4.78, 5) is 50.2. The third kappa shape index (κ3) is 9.54. The number of nitrogens with one attached hydrogen (secondary N) is 3. The topological polar surface area (TPSA) is 158 Å². The third-order valence-electron chi connectivity index (χ3n) is 13.7. The molecule has 336 valence electrons. The van der Waals surface area contributed by atoms with E-state index < -0.39 is 7.14 Å². The quantitative estimate of drug-likeness (QED) is 0.0777. The lowest BCUT2D eigenvalue weighted by Gasteiger charge is -2.45. The summed E-state index contributed by atoms with van der Waals surface area (Å²) < 4.78 is 20.2. The molecule has 2 amide bonds. The first kappa shape index (κ1) is 44.3. The predicted octanol–water partition coefficient (Wildman–Crippen LogP) is 7.79. The number of methoxy groups -OCH3 is 1. The van der Waals surface area contributed by atoms with Crippen molar-refractivity contribution in [2.24, 2.45) is 5.92 Å². The standard InChI is InChI=1S/C48H58BrN10O4P/c1-5-31-26-40(54-48-52-28-37(49)46(56-48)53-39-12-11-38-44(51-17-16-50-38)45(39)64(3,4)62)42(63-2)27-41(31)59-18-14-35(15-19-59)58-22-20-57(21-23-58)29-30-24-34(25-30)32-6-8-33(9-7-32)36-10-13-43(60)55-47(36)61/h6-9,11-12,16-17,26-28,30,34-36H,5,10,13-15,18-25,29H2,1-4H3,(H,55,60,61)(H2,52,53,54,56). The molecule has 0 spiro atoms. The Kier molecular flexibility index (Phi) is 13.1. The molecule has 64 heavy (non-hydrogen) atoms. The highest BCUT2D eigenvalue weighted by Crippen LogP contribution is 2.44. The molecule has 4 fully saturated rings. The van der Waals surface area contributed by atoms with Gasteiger partial charge in [-0.15, -0.1) is 0 Å². The molecule has 3 saturated heterocycles. The number of aromatic nitrogens is 4. The minimum absolute atomic E-state index is 0.167. The molecule has 5 aromatic rings. The van der Waals surface area contributed by atoms with Gasteiger partial charge in [0.25, 0.3) is 0 Å². The van der Waals surface area contributed by atoms with Crippen molar-refractivity contribution in [3.63, 3.8) is 0 Å². The van der Waals surface area contributed by atoms with Crippen LogP contribution in [-0.2, 0) is 20.6 Å². The molecular formula is C48H58BrN10O4P. The number of hydrogen-bond donors (Lipinski definition) is 3. The molecule has 3 aliphatic heterocycles. The summed E-state index contributed by atoms with van der Waals surface area (Å²) in [6.45, 7) is 13.4. The summed E-state index contributed by atoms with van der Waals surface area (Å²) in [5.74, 6) is 2.42. The summed E-state index contributed by atoms with van der Waals surface area (Å²) in [7, 11) is -1.07. The summed E-state index contributed by atoms with van der Waals surface area (Å²) in [5, 5.41) is 9.92. The van der Waals surface area contributed by atoms with Crippen LogP contribution in [0, 0.1) is 5.92 Å².